The fourth-order valence-electron chi connectivity index (χ4n) is 3.18. The third kappa shape index (κ3) is 3.73. The van der Waals surface area contributed by atoms with Crippen LogP contribution < -0.4 is 5.32 Å². The van der Waals surface area contributed by atoms with Gasteiger partial charge in [-0.25, -0.2) is 0 Å². The molecule has 0 amide bonds. The van der Waals surface area contributed by atoms with Crippen LogP contribution in [0.4, 0.5) is 11.6 Å². The van der Waals surface area contributed by atoms with Crippen LogP contribution in [-0.4, -0.2) is 32.5 Å². The van der Waals surface area contributed by atoms with Crippen LogP contribution in [0.15, 0.2) is 30.6 Å². The number of hydrogen-bond donors (Lipinski definition) is 1. The van der Waals surface area contributed by atoms with Crippen molar-refractivity contribution in [2.24, 2.45) is 7.05 Å². The number of imidazole rings is 1. The highest BCUT2D eigenvalue weighted by atomic mass is 16.6. The van der Waals surface area contributed by atoms with Gasteiger partial charge in [-0.3, -0.25) is 9.47 Å². The SMILES string of the molecule is Cn1cnc([N+](=O)[O-])c1NCc1ccccc1CN1CCCCC1. The predicted octanol–water partition coefficient (Wildman–Crippen LogP) is 2.93. The monoisotopic (exact) mass is 329 g/mol. The van der Waals surface area contributed by atoms with Gasteiger partial charge in [0.15, 0.2) is 0 Å². The Morgan fingerprint density at radius 1 is 1.21 bits per heavy atom. The summed E-state index contributed by atoms with van der Waals surface area (Å²) in [4.78, 5) is 16.9. The molecule has 0 atom stereocenters. The first kappa shape index (κ1) is 16.4. The van der Waals surface area contributed by atoms with Gasteiger partial charge in [-0.05, 0) is 47.0 Å². The predicted molar refractivity (Wildman–Crippen MR) is 92.8 cm³/mol. The van der Waals surface area contributed by atoms with E-state index in [2.05, 4.69) is 33.4 Å². The van der Waals surface area contributed by atoms with Crippen LogP contribution in [0.25, 0.3) is 0 Å². The van der Waals surface area contributed by atoms with Crippen molar-refractivity contribution in [2.45, 2.75) is 32.4 Å². The molecular weight excluding hydrogens is 306 g/mol. The summed E-state index contributed by atoms with van der Waals surface area (Å²) in [6.45, 7) is 3.78. The first-order valence-electron chi connectivity index (χ1n) is 8.34. The second-order valence-electron chi connectivity index (χ2n) is 6.24. The highest BCUT2D eigenvalue weighted by molar-refractivity contribution is 5.52. The summed E-state index contributed by atoms with van der Waals surface area (Å²) >= 11 is 0. The zero-order chi connectivity index (χ0) is 16.9. The fraction of sp³-hybridized carbons (Fsp3) is 0.471. The van der Waals surface area contributed by atoms with E-state index in [9.17, 15) is 10.1 Å². The van der Waals surface area contributed by atoms with Crippen LogP contribution in [0, 0.1) is 10.1 Å². The Morgan fingerprint density at radius 3 is 2.62 bits per heavy atom. The van der Waals surface area contributed by atoms with Crippen molar-refractivity contribution in [1.82, 2.24) is 14.5 Å². The molecule has 0 unspecified atom stereocenters. The summed E-state index contributed by atoms with van der Waals surface area (Å²) in [5, 5.41) is 14.2. The molecule has 0 aliphatic carbocycles. The highest BCUT2D eigenvalue weighted by Gasteiger charge is 2.20. The zero-order valence-electron chi connectivity index (χ0n) is 13.9. The number of nitrogens with one attached hydrogen (secondary N) is 1. The van der Waals surface area contributed by atoms with E-state index in [-0.39, 0.29) is 5.82 Å². The number of aromatic nitrogens is 2. The molecule has 1 saturated heterocycles. The molecule has 2 aromatic rings. The van der Waals surface area contributed by atoms with E-state index >= 15 is 0 Å². The second kappa shape index (κ2) is 7.44. The molecule has 128 valence electrons. The maximum atomic E-state index is 11.1. The molecule has 0 saturated carbocycles. The molecule has 3 rings (SSSR count). The first-order chi connectivity index (χ1) is 11.6. The van der Waals surface area contributed by atoms with Crippen molar-refractivity contribution < 1.29 is 4.92 Å². The molecule has 1 aliphatic rings. The van der Waals surface area contributed by atoms with Gasteiger partial charge in [-0.1, -0.05) is 30.7 Å². The summed E-state index contributed by atoms with van der Waals surface area (Å²) in [6, 6.07) is 8.28. The second-order valence-corrected chi connectivity index (χ2v) is 6.24. The lowest BCUT2D eigenvalue weighted by molar-refractivity contribution is -0.388. The Morgan fingerprint density at radius 2 is 1.92 bits per heavy atom. The molecule has 7 heteroatoms. The molecule has 0 radical (unpaired) electrons. The highest BCUT2D eigenvalue weighted by Crippen LogP contribution is 2.23. The Bertz CT molecular complexity index is 707. The lowest BCUT2D eigenvalue weighted by Gasteiger charge is -2.27. The van der Waals surface area contributed by atoms with E-state index in [1.807, 2.05) is 6.07 Å². The van der Waals surface area contributed by atoms with Gasteiger partial charge in [0.25, 0.3) is 0 Å². The molecule has 24 heavy (non-hydrogen) atoms. The van der Waals surface area contributed by atoms with E-state index in [0.717, 1.165) is 19.6 Å². The van der Waals surface area contributed by atoms with E-state index < -0.39 is 4.92 Å². The number of anilines is 1. The molecule has 1 fully saturated rings. The lowest BCUT2D eigenvalue weighted by atomic mass is 10.0. The number of hydrogen-bond acceptors (Lipinski definition) is 5. The maximum Gasteiger partial charge on any atom is 0.406 e. The minimum Gasteiger partial charge on any atom is -0.360 e. The Kier molecular flexibility index (Phi) is 5.10. The third-order valence-corrected chi connectivity index (χ3v) is 4.50. The van der Waals surface area contributed by atoms with Crippen LogP contribution in [0.3, 0.4) is 0 Å². The Balaban J connectivity index is 1.71. The molecule has 1 aliphatic heterocycles. The van der Waals surface area contributed by atoms with Crippen molar-refractivity contribution in [3.8, 4) is 0 Å². The van der Waals surface area contributed by atoms with Crippen molar-refractivity contribution in [2.75, 3.05) is 18.4 Å². The minimum atomic E-state index is -0.456. The number of piperidine rings is 1. The van der Waals surface area contributed by atoms with E-state index in [1.165, 1.54) is 36.7 Å². The molecule has 1 aromatic heterocycles. The van der Waals surface area contributed by atoms with Crippen LogP contribution in [-0.2, 0) is 20.1 Å². The Labute approximate surface area is 141 Å². The summed E-state index contributed by atoms with van der Waals surface area (Å²) in [6.07, 6.45) is 5.31. The Hall–Kier alpha value is -2.41. The zero-order valence-corrected chi connectivity index (χ0v) is 13.9. The average Bonchev–Trinajstić information content (AvgIpc) is 2.96. The van der Waals surface area contributed by atoms with Gasteiger partial charge in [-0.2, -0.15) is 0 Å². The van der Waals surface area contributed by atoms with Gasteiger partial charge < -0.3 is 15.4 Å². The normalized spacial score (nSPS) is 15.4. The quantitative estimate of drug-likeness (QED) is 0.651. The van der Waals surface area contributed by atoms with Crippen molar-refractivity contribution >= 4 is 11.6 Å². The summed E-state index contributed by atoms with van der Waals surface area (Å²) in [5.74, 6) is 0.304. The van der Waals surface area contributed by atoms with Gasteiger partial charge in [0.05, 0.1) is 0 Å². The molecule has 0 bridgehead atoms. The van der Waals surface area contributed by atoms with Crippen molar-refractivity contribution in [3.05, 3.63) is 51.8 Å². The molecule has 7 nitrogen and oxygen atoms in total. The fourth-order valence-corrected chi connectivity index (χ4v) is 3.18. The number of nitrogens with zero attached hydrogens (tertiary/aromatic N) is 4. The molecule has 2 heterocycles. The van der Waals surface area contributed by atoms with E-state index in [4.69, 9.17) is 0 Å². The van der Waals surface area contributed by atoms with Gasteiger partial charge in [0.1, 0.15) is 0 Å². The average molecular weight is 329 g/mol. The van der Waals surface area contributed by atoms with Gasteiger partial charge >= 0.3 is 5.82 Å². The number of likely N-dealkylation sites (tertiary alicyclic amines) is 1. The van der Waals surface area contributed by atoms with Gasteiger partial charge in [0.2, 0.25) is 12.1 Å². The van der Waals surface area contributed by atoms with Gasteiger partial charge in [-0.15, -0.1) is 0 Å². The van der Waals surface area contributed by atoms with Crippen LogP contribution in [0.1, 0.15) is 30.4 Å². The smallest absolute Gasteiger partial charge is 0.360 e. The molecule has 1 N–H and O–H groups in total. The van der Waals surface area contributed by atoms with Gasteiger partial charge in [0, 0.05) is 20.1 Å². The standard InChI is InChI=1S/C17H23N5O2/c1-20-13-19-17(22(23)24)16(20)18-11-14-7-3-4-8-15(14)12-21-9-5-2-6-10-21/h3-4,7-8,13,18H,2,5-6,9-12H2,1H3. The van der Waals surface area contributed by atoms with E-state index in [0.29, 0.717) is 12.4 Å². The number of aryl methyl sites for hydroxylation is 1. The number of benzene rings is 1. The summed E-state index contributed by atoms with van der Waals surface area (Å²) in [7, 11) is 1.75. The summed E-state index contributed by atoms with van der Waals surface area (Å²) in [5.41, 5.74) is 2.44. The number of rotatable bonds is 6. The summed E-state index contributed by atoms with van der Waals surface area (Å²) < 4.78 is 1.64. The maximum absolute atomic E-state index is 11.1. The van der Waals surface area contributed by atoms with Crippen LogP contribution in [0.5, 0.6) is 0 Å². The van der Waals surface area contributed by atoms with Crippen LogP contribution >= 0.6 is 0 Å². The lowest BCUT2D eigenvalue weighted by Crippen LogP contribution is -2.29. The topological polar surface area (TPSA) is 76.2 Å². The minimum absolute atomic E-state index is 0.133. The van der Waals surface area contributed by atoms with E-state index in [1.54, 1.807) is 11.6 Å². The first-order valence-corrected chi connectivity index (χ1v) is 8.34. The molecular formula is C17H23N5O2. The van der Waals surface area contributed by atoms with Crippen molar-refractivity contribution in [3.63, 3.8) is 0 Å². The largest absolute Gasteiger partial charge is 0.406 e. The number of nitro groups is 1. The molecule has 0 spiro atoms. The van der Waals surface area contributed by atoms with Crippen molar-refractivity contribution in [1.29, 1.82) is 0 Å². The molecule has 1 aromatic carbocycles. The van der Waals surface area contributed by atoms with Crippen LogP contribution in [0.2, 0.25) is 0 Å². The third-order valence-electron chi connectivity index (χ3n) is 4.50.